The van der Waals surface area contributed by atoms with E-state index in [1.165, 1.54) is 31.2 Å². The Kier molecular flexibility index (Phi) is 7.59. The lowest BCUT2D eigenvalue weighted by Gasteiger charge is -2.23. The molecule has 0 heterocycles. The van der Waals surface area contributed by atoms with Crippen LogP contribution in [-0.4, -0.2) is 16.9 Å². The fraction of sp³-hybridized carbons (Fsp3) is 0.136. The van der Waals surface area contributed by atoms with Gasteiger partial charge in [-0.1, -0.05) is 48.5 Å². The average molecular weight is 456 g/mol. The maximum absolute atomic E-state index is 13.5. The molecule has 10 heteroatoms. The third kappa shape index (κ3) is 6.66. The van der Waals surface area contributed by atoms with E-state index in [1.807, 2.05) is 30.3 Å². The standard InChI is InChI=1S/C22H21N2O7P/c1-17(22(25)29-16-18-8-4-2-5-9-18)23-32(28,30-20-10-6-3-7-11-20)31-21-14-12-19(13-15-21)24(26)27/h2-15,17H,16H2,1H3,(H,23,28)/t17-,32+/m0/s1. The highest BCUT2D eigenvalue weighted by molar-refractivity contribution is 7.52. The summed E-state index contributed by atoms with van der Waals surface area (Å²) in [6.45, 7) is 1.52. The van der Waals surface area contributed by atoms with Gasteiger partial charge in [-0.25, -0.2) is 4.57 Å². The zero-order valence-corrected chi connectivity index (χ0v) is 18.0. The van der Waals surface area contributed by atoms with Gasteiger partial charge in [0.2, 0.25) is 0 Å². The van der Waals surface area contributed by atoms with Gasteiger partial charge in [-0.3, -0.25) is 14.9 Å². The first-order valence-corrected chi connectivity index (χ1v) is 11.2. The van der Waals surface area contributed by atoms with E-state index in [-0.39, 0.29) is 23.8 Å². The fourth-order valence-corrected chi connectivity index (χ4v) is 4.12. The van der Waals surface area contributed by atoms with Crippen molar-refractivity contribution in [3.05, 3.63) is 101 Å². The van der Waals surface area contributed by atoms with Gasteiger partial charge in [0.1, 0.15) is 24.1 Å². The minimum Gasteiger partial charge on any atom is -0.460 e. The second-order valence-corrected chi connectivity index (χ2v) is 8.31. The van der Waals surface area contributed by atoms with Crippen LogP contribution in [0.25, 0.3) is 0 Å². The molecule has 9 nitrogen and oxygen atoms in total. The number of carbonyl (C=O) groups excluding carboxylic acids is 1. The number of nitrogens with zero attached hydrogens (tertiary/aromatic N) is 1. The van der Waals surface area contributed by atoms with Gasteiger partial charge in [-0.2, -0.15) is 5.09 Å². The largest absolute Gasteiger partial charge is 0.513 e. The Hall–Kier alpha value is -3.68. The van der Waals surface area contributed by atoms with Gasteiger partial charge < -0.3 is 13.8 Å². The normalized spacial score (nSPS) is 13.4. The molecule has 3 aromatic carbocycles. The van der Waals surface area contributed by atoms with Gasteiger partial charge in [0.05, 0.1) is 4.92 Å². The quantitative estimate of drug-likeness (QED) is 0.199. The molecule has 0 bridgehead atoms. The number of carbonyl (C=O) groups is 1. The maximum atomic E-state index is 13.5. The van der Waals surface area contributed by atoms with Crippen molar-refractivity contribution in [2.45, 2.75) is 19.6 Å². The Morgan fingerprint density at radius 3 is 2.03 bits per heavy atom. The van der Waals surface area contributed by atoms with Gasteiger partial charge in [-0.15, -0.1) is 0 Å². The van der Waals surface area contributed by atoms with Crippen molar-refractivity contribution in [3.8, 4) is 11.5 Å². The number of non-ortho nitro benzene ring substituents is 1. The summed E-state index contributed by atoms with van der Waals surface area (Å²) in [4.78, 5) is 22.7. The second kappa shape index (κ2) is 10.6. The Balaban J connectivity index is 1.73. The maximum Gasteiger partial charge on any atom is 0.513 e. The number of hydrogen-bond donors (Lipinski definition) is 1. The SMILES string of the molecule is C[C@H](N[P@@](=O)(Oc1ccccc1)Oc1ccc([N+](=O)[O-])cc1)C(=O)OCc1ccccc1. The highest BCUT2D eigenvalue weighted by Crippen LogP contribution is 2.45. The van der Waals surface area contributed by atoms with Crippen LogP contribution in [0.3, 0.4) is 0 Å². The van der Waals surface area contributed by atoms with Crippen LogP contribution in [0.4, 0.5) is 5.69 Å². The highest BCUT2D eigenvalue weighted by Gasteiger charge is 2.34. The number of esters is 1. The lowest BCUT2D eigenvalue weighted by atomic mass is 10.2. The summed E-state index contributed by atoms with van der Waals surface area (Å²) in [6.07, 6.45) is 0. The van der Waals surface area contributed by atoms with Crippen LogP contribution in [0.15, 0.2) is 84.9 Å². The number of nitro groups is 1. The van der Waals surface area contributed by atoms with Gasteiger partial charge in [0.15, 0.2) is 0 Å². The zero-order valence-electron chi connectivity index (χ0n) is 17.1. The molecular weight excluding hydrogens is 435 g/mol. The second-order valence-electron chi connectivity index (χ2n) is 6.69. The summed E-state index contributed by atoms with van der Waals surface area (Å²) in [5, 5.41) is 13.4. The molecular formula is C22H21N2O7P. The minimum atomic E-state index is -4.13. The first kappa shape index (κ1) is 23.0. The monoisotopic (exact) mass is 456 g/mol. The van der Waals surface area contributed by atoms with E-state index in [0.717, 1.165) is 5.56 Å². The third-order valence-electron chi connectivity index (χ3n) is 4.17. The molecule has 0 aromatic heterocycles. The molecule has 0 radical (unpaired) electrons. The summed E-state index contributed by atoms with van der Waals surface area (Å²) in [6, 6.07) is 21.4. The fourth-order valence-electron chi connectivity index (χ4n) is 2.60. The summed E-state index contributed by atoms with van der Waals surface area (Å²) >= 11 is 0. The molecule has 3 rings (SSSR count). The van der Waals surface area contributed by atoms with Crippen LogP contribution >= 0.6 is 7.75 Å². The Morgan fingerprint density at radius 2 is 1.47 bits per heavy atom. The van der Waals surface area contributed by atoms with E-state index < -0.39 is 24.7 Å². The molecule has 0 unspecified atom stereocenters. The third-order valence-corrected chi connectivity index (χ3v) is 5.78. The smallest absolute Gasteiger partial charge is 0.460 e. The first-order chi connectivity index (χ1) is 15.3. The molecule has 1 N–H and O–H groups in total. The predicted molar refractivity (Wildman–Crippen MR) is 117 cm³/mol. The molecule has 0 fully saturated rings. The van der Waals surface area contributed by atoms with Gasteiger partial charge in [0, 0.05) is 12.1 Å². The van der Waals surface area contributed by atoms with E-state index in [9.17, 15) is 19.5 Å². The summed E-state index contributed by atoms with van der Waals surface area (Å²) < 4.78 is 29.8. The van der Waals surface area contributed by atoms with Gasteiger partial charge >= 0.3 is 13.7 Å². The number of rotatable bonds is 10. The number of hydrogen-bond acceptors (Lipinski definition) is 7. The van der Waals surface area contributed by atoms with E-state index >= 15 is 0 Å². The van der Waals surface area contributed by atoms with E-state index in [1.54, 1.807) is 30.3 Å². The predicted octanol–water partition coefficient (Wildman–Crippen LogP) is 4.88. The molecule has 0 amide bonds. The Labute approximate surface area is 184 Å². The molecule has 2 atom stereocenters. The van der Waals surface area contributed by atoms with Crippen LogP contribution in [0.1, 0.15) is 12.5 Å². The zero-order chi connectivity index (χ0) is 23.0. The molecule has 166 valence electrons. The van der Waals surface area contributed by atoms with Crippen molar-refractivity contribution in [1.82, 2.24) is 5.09 Å². The molecule has 0 saturated heterocycles. The average Bonchev–Trinajstić information content (AvgIpc) is 2.79. The lowest BCUT2D eigenvalue weighted by Crippen LogP contribution is -2.35. The van der Waals surface area contributed by atoms with E-state index in [0.29, 0.717) is 0 Å². The van der Waals surface area contributed by atoms with Crippen molar-refractivity contribution in [3.63, 3.8) is 0 Å². The van der Waals surface area contributed by atoms with Crippen molar-refractivity contribution in [2.75, 3.05) is 0 Å². The number of ether oxygens (including phenoxy) is 1. The Morgan fingerprint density at radius 1 is 0.938 bits per heavy atom. The number of benzene rings is 3. The number of para-hydroxylation sites is 1. The lowest BCUT2D eigenvalue weighted by molar-refractivity contribution is -0.384. The number of nitrogens with one attached hydrogen (secondary N) is 1. The van der Waals surface area contributed by atoms with Crippen molar-refractivity contribution < 1.29 is 28.1 Å². The first-order valence-electron chi connectivity index (χ1n) is 9.62. The van der Waals surface area contributed by atoms with Gasteiger partial charge in [-0.05, 0) is 36.8 Å². The molecule has 3 aromatic rings. The summed E-state index contributed by atoms with van der Waals surface area (Å²) in [7, 11) is -4.13. The van der Waals surface area contributed by atoms with Gasteiger partial charge in [0.25, 0.3) is 5.69 Å². The van der Waals surface area contributed by atoms with Crippen LogP contribution in [-0.2, 0) is 20.7 Å². The molecule has 32 heavy (non-hydrogen) atoms. The molecule has 0 aliphatic rings. The van der Waals surface area contributed by atoms with E-state index in [2.05, 4.69) is 5.09 Å². The molecule has 0 aliphatic carbocycles. The minimum absolute atomic E-state index is 0.0543. The van der Waals surface area contributed by atoms with Crippen LogP contribution in [0.2, 0.25) is 0 Å². The van der Waals surface area contributed by atoms with Crippen LogP contribution in [0, 0.1) is 10.1 Å². The van der Waals surface area contributed by atoms with E-state index in [4.69, 9.17) is 13.8 Å². The summed E-state index contributed by atoms with van der Waals surface area (Å²) in [5.41, 5.74) is 0.654. The van der Waals surface area contributed by atoms with Crippen molar-refractivity contribution in [1.29, 1.82) is 0 Å². The van der Waals surface area contributed by atoms with Crippen molar-refractivity contribution in [2.24, 2.45) is 0 Å². The summed E-state index contributed by atoms with van der Waals surface area (Å²) in [5.74, 6) is -0.347. The highest BCUT2D eigenvalue weighted by atomic mass is 31.2. The molecule has 0 saturated carbocycles. The van der Waals surface area contributed by atoms with Crippen LogP contribution in [0.5, 0.6) is 11.5 Å². The molecule has 0 spiro atoms. The Bertz CT molecular complexity index is 1090. The van der Waals surface area contributed by atoms with Crippen LogP contribution < -0.4 is 14.1 Å². The molecule has 0 aliphatic heterocycles. The number of nitro benzene ring substituents is 1. The topological polar surface area (TPSA) is 117 Å². The van der Waals surface area contributed by atoms with Crippen molar-refractivity contribution >= 4 is 19.4 Å².